The van der Waals surface area contributed by atoms with Gasteiger partial charge in [0.05, 0.1) is 18.8 Å². The highest BCUT2D eigenvalue weighted by atomic mass is 35.5. The molecule has 0 N–H and O–H groups in total. The molecule has 0 radical (unpaired) electrons. The molecule has 0 aliphatic carbocycles. The van der Waals surface area contributed by atoms with E-state index < -0.39 is 0 Å². The fraction of sp³-hybridized carbons (Fsp3) is 0.364. The van der Waals surface area contributed by atoms with Gasteiger partial charge in [-0.15, -0.1) is 11.3 Å². The summed E-state index contributed by atoms with van der Waals surface area (Å²) in [5.41, 5.74) is 0.914. The number of rotatable bonds is 8. The molecule has 0 bridgehead atoms. The molecule has 1 aromatic carbocycles. The van der Waals surface area contributed by atoms with Gasteiger partial charge in [-0.1, -0.05) is 17.7 Å². The lowest BCUT2D eigenvalue weighted by atomic mass is 10.2. The summed E-state index contributed by atoms with van der Waals surface area (Å²) in [6, 6.07) is 11.5. The van der Waals surface area contributed by atoms with Crippen LogP contribution in [0.1, 0.15) is 30.0 Å². The molecule has 1 fully saturated rings. The zero-order valence-electron chi connectivity index (χ0n) is 16.1. The summed E-state index contributed by atoms with van der Waals surface area (Å²) in [5, 5.41) is 2.71. The molecule has 1 unspecified atom stereocenters. The van der Waals surface area contributed by atoms with Crippen molar-refractivity contribution in [1.29, 1.82) is 0 Å². The van der Waals surface area contributed by atoms with Crippen LogP contribution in [0.25, 0.3) is 11.3 Å². The first-order chi connectivity index (χ1) is 14.2. The van der Waals surface area contributed by atoms with Crippen LogP contribution in [0.4, 0.5) is 0 Å². The second-order valence-corrected chi connectivity index (χ2v) is 8.58. The zero-order chi connectivity index (χ0) is 20.1. The van der Waals surface area contributed by atoms with E-state index >= 15 is 0 Å². The molecule has 1 saturated heterocycles. The van der Waals surface area contributed by atoms with Crippen molar-refractivity contribution < 1.29 is 13.9 Å². The van der Waals surface area contributed by atoms with Crippen LogP contribution in [0.3, 0.4) is 0 Å². The third-order valence-electron chi connectivity index (χ3n) is 4.96. The van der Waals surface area contributed by atoms with E-state index in [9.17, 15) is 4.79 Å². The molecule has 5 nitrogen and oxygen atoms in total. The number of halogens is 1. The normalized spacial score (nSPS) is 16.2. The fourth-order valence-electron chi connectivity index (χ4n) is 3.42. The molecule has 0 spiro atoms. The Morgan fingerprint density at radius 1 is 1.28 bits per heavy atom. The molecule has 4 rings (SSSR count). The minimum absolute atomic E-state index is 0.0974. The van der Waals surface area contributed by atoms with Crippen molar-refractivity contribution in [3.05, 3.63) is 63.8 Å². The number of thiophene rings is 1. The topological polar surface area (TPSA) is 55.6 Å². The number of ether oxygens (including phenoxy) is 1. The Bertz CT molecular complexity index is 918. The van der Waals surface area contributed by atoms with Gasteiger partial charge in [-0.05, 0) is 48.6 Å². The molecule has 3 heterocycles. The standard InChI is InChI=1S/C22H23ClN2O3S/c23-17-7-5-16(6-8-17)20-13-24-21(28-20)9-10-22(26)25(14-18-3-1-11-27-18)15-19-4-2-12-29-19/h2,4-8,12-13,18H,1,3,9-11,14-15H2. The van der Waals surface area contributed by atoms with Gasteiger partial charge >= 0.3 is 0 Å². The van der Waals surface area contributed by atoms with Gasteiger partial charge in [0, 0.05) is 41.5 Å². The molecule has 2 aromatic heterocycles. The molecule has 29 heavy (non-hydrogen) atoms. The number of carbonyl (C=O) groups excluding carboxylic acids is 1. The van der Waals surface area contributed by atoms with E-state index in [2.05, 4.69) is 11.1 Å². The summed E-state index contributed by atoms with van der Waals surface area (Å²) in [4.78, 5) is 20.4. The van der Waals surface area contributed by atoms with Crippen LogP contribution < -0.4 is 0 Å². The van der Waals surface area contributed by atoms with Gasteiger partial charge in [0.15, 0.2) is 11.7 Å². The molecule has 1 atom stereocenters. The Balaban J connectivity index is 1.37. The van der Waals surface area contributed by atoms with Gasteiger partial charge in [-0.3, -0.25) is 4.79 Å². The zero-order valence-corrected chi connectivity index (χ0v) is 17.6. The predicted octanol–water partition coefficient (Wildman–Crippen LogP) is 5.20. The Labute approximate surface area is 179 Å². The molecule has 7 heteroatoms. The van der Waals surface area contributed by atoms with Crippen LogP contribution in [0, 0.1) is 0 Å². The predicted molar refractivity (Wildman–Crippen MR) is 114 cm³/mol. The highest BCUT2D eigenvalue weighted by Gasteiger charge is 2.23. The Hall–Kier alpha value is -2.15. The van der Waals surface area contributed by atoms with Gasteiger partial charge in [0.25, 0.3) is 0 Å². The summed E-state index contributed by atoms with van der Waals surface area (Å²) in [6.45, 7) is 2.05. The first-order valence-electron chi connectivity index (χ1n) is 9.80. The van der Waals surface area contributed by atoms with Crippen LogP contribution in [-0.2, 0) is 22.5 Å². The van der Waals surface area contributed by atoms with E-state index in [1.54, 1.807) is 17.5 Å². The number of amides is 1. The Kier molecular flexibility index (Phi) is 6.64. The van der Waals surface area contributed by atoms with E-state index in [1.165, 1.54) is 4.88 Å². The highest BCUT2D eigenvalue weighted by Crippen LogP contribution is 2.23. The number of aryl methyl sites for hydroxylation is 1. The average Bonchev–Trinajstić information content (AvgIpc) is 3.49. The number of hydrogen-bond donors (Lipinski definition) is 0. The molecule has 3 aromatic rings. The molecule has 1 aliphatic heterocycles. The summed E-state index contributed by atoms with van der Waals surface area (Å²) in [7, 11) is 0. The Morgan fingerprint density at radius 3 is 2.86 bits per heavy atom. The van der Waals surface area contributed by atoms with E-state index in [4.69, 9.17) is 20.8 Å². The van der Waals surface area contributed by atoms with Crippen molar-refractivity contribution >= 4 is 28.8 Å². The lowest BCUT2D eigenvalue weighted by molar-refractivity contribution is -0.133. The lowest BCUT2D eigenvalue weighted by Crippen LogP contribution is -2.36. The maximum atomic E-state index is 12.9. The quantitative estimate of drug-likeness (QED) is 0.493. The van der Waals surface area contributed by atoms with Crippen molar-refractivity contribution in [1.82, 2.24) is 9.88 Å². The van der Waals surface area contributed by atoms with E-state index in [-0.39, 0.29) is 12.0 Å². The number of benzene rings is 1. The minimum Gasteiger partial charge on any atom is -0.441 e. The van der Waals surface area contributed by atoms with Gasteiger partial charge in [0.1, 0.15) is 0 Å². The van der Waals surface area contributed by atoms with Crippen molar-refractivity contribution in [2.75, 3.05) is 13.2 Å². The van der Waals surface area contributed by atoms with Crippen molar-refractivity contribution in [3.8, 4) is 11.3 Å². The smallest absolute Gasteiger partial charge is 0.223 e. The highest BCUT2D eigenvalue weighted by molar-refractivity contribution is 7.09. The SMILES string of the molecule is O=C(CCc1ncc(-c2ccc(Cl)cc2)o1)N(Cc1cccs1)CC1CCCO1. The maximum absolute atomic E-state index is 12.9. The van der Waals surface area contributed by atoms with Crippen LogP contribution >= 0.6 is 22.9 Å². The molecule has 1 aliphatic rings. The van der Waals surface area contributed by atoms with Crippen LogP contribution in [0.5, 0.6) is 0 Å². The third-order valence-corrected chi connectivity index (χ3v) is 6.08. The van der Waals surface area contributed by atoms with Gasteiger partial charge < -0.3 is 14.1 Å². The van der Waals surface area contributed by atoms with Crippen LogP contribution in [0.2, 0.25) is 5.02 Å². The number of carbonyl (C=O) groups is 1. The second kappa shape index (κ2) is 9.57. The number of aromatic nitrogens is 1. The molecular weight excluding hydrogens is 408 g/mol. The van der Waals surface area contributed by atoms with Gasteiger partial charge in [-0.2, -0.15) is 0 Å². The third kappa shape index (κ3) is 5.47. The van der Waals surface area contributed by atoms with Gasteiger partial charge in [-0.25, -0.2) is 4.98 Å². The molecule has 1 amide bonds. The van der Waals surface area contributed by atoms with E-state index in [0.29, 0.717) is 42.6 Å². The van der Waals surface area contributed by atoms with Crippen LogP contribution in [-0.4, -0.2) is 35.0 Å². The number of nitrogens with zero attached hydrogens (tertiary/aromatic N) is 2. The molecular formula is C22H23ClN2O3S. The Morgan fingerprint density at radius 2 is 2.14 bits per heavy atom. The number of oxazole rings is 1. The van der Waals surface area contributed by atoms with Gasteiger partial charge in [0.2, 0.25) is 5.91 Å². The molecule has 0 saturated carbocycles. The minimum atomic E-state index is 0.0974. The maximum Gasteiger partial charge on any atom is 0.223 e. The summed E-state index contributed by atoms with van der Waals surface area (Å²) < 4.78 is 11.6. The van der Waals surface area contributed by atoms with Crippen molar-refractivity contribution in [2.45, 2.75) is 38.3 Å². The molecule has 152 valence electrons. The fourth-order valence-corrected chi connectivity index (χ4v) is 4.27. The first kappa shape index (κ1) is 20.1. The van der Waals surface area contributed by atoms with Crippen LogP contribution in [0.15, 0.2) is 52.4 Å². The monoisotopic (exact) mass is 430 g/mol. The lowest BCUT2D eigenvalue weighted by Gasteiger charge is -2.25. The second-order valence-electron chi connectivity index (χ2n) is 7.11. The van der Waals surface area contributed by atoms with Crippen molar-refractivity contribution in [2.24, 2.45) is 0 Å². The summed E-state index contributed by atoms with van der Waals surface area (Å²) in [5.74, 6) is 1.34. The van der Waals surface area contributed by atoms with Crippen molar-refractivity contribution in [3.63, 3.8) is 0 Å². The largest absolute Gasteiger partial charge is 0.441 e. The average molecular weight is 431 g/mol. The van der Waals surface area contributed by atoms with E-state index in [0.717, 1.165) is 25.0 Å². The first-order valence-corrected chi connectivity index (χ1v) is 11.1. The number of hydrogen-bond acceptors (Lipinski definition) is 5. The summed E-state index contributed by atoms with van der Waals surface area (Å²) >= 11 is 7.60. The summed E-state index contributed by atoms with van der Waals surface area (Å²) in [6.07, 6.45) is 4.74. The van der Waals surface area contributed by atoms with E-state index in [1.807, 2.05) is 40.6 Å².